The molecule has 1 aliphatic carbocycles. The van der Waals surface area contributed by atoms with Crippen LogP contribution in [0.3, 0.4) is 0 Å². The zero-order valence-electron chi connectivity index (χ0n) is 11.0. The van der Waals surface area contributed by atoms with Crippen molar-refractivity contribution in [2.45, 2.75) is 50.7 Å². The highest BCUT2D eigenvalue weighted by molar-refractivity contribution is 5.94. The molecule has 0 aromatic carbocycles. The maximum atomic E-state index is 13.0. The molecular formula is C14H19FN2O2. The molecule has 0 spiro atoms. The molecule has 1 heterocycles. The number of carbonyl (C=O) groups excluding carboxylic acids is 1. The fourth-order valence-corrected chi connectivity index (χ4v) is 2.56. The van der Waals surface area contributed by atoms with Gasteiger partial charge >= 0.3 is 0 Å². The first-order valence-electron chi connectivity index (χ1n) is 6.66. The van der Waals surface area contributed by atoms with E-state index in [1.54, 1.807) is 6.92 Å². The molecule has 1 saturated carbocycles. The molecule has 2 rings (SSSR count). The highest BCUT2D eigenvalue weighted by Crippen LogP contribution is 2.30. The van der Waals surface area contributed by atoms with Crippen LogP contribution in [0.15, 0.2) is 18.3 Å². The number of amides is 1. The van der Waals surface area contributed by atoms with Crippen molar-refractivity contribution in [1.29, 1.82) is 0 Å². The van der Waals surface area contributed by atoms with Crippen molar-refractivity contribution in [3.8, 4) is 0 Å². The monoisotopic (exact) mass is 266 g/mol. The molecule has 104 valence electrons. The van der Waals surface area contributed by atoms with E-state index in [0.717, 1.165) is 25.3 Å². The molecule has 2 N–H and O–H groups in total. The number of halogens is 1. The normalized spacial score (nSPS) is 19.7. The summed E-state index contributed by atoms with van der Waals surface area (Å²) >= 11 is 0. The molecular weight excluding hydrogens is 247 g/mol. The summed E-state index contributed by atoms with van der Waals surface area (Å²) in [7, 11) is 0. The molecule has 5 heteroatoms. The number of nitrogens with one attached hydrogen (secondary N) is 1. The van der Waals surface area contributed by atoms with Crippen molar-refractivity contribution in [1.82, 2.24) is 10.3 Å². The Morgan fingerprint density at radius 2 is 2.16 bits per heavy atom. The van der Waals surface area contributed by atoms with Gasteiger partial charge in [-0.1, -0.05) is 19.3 Å². The lowest BCUT2D eigenvalue weighted by Gasteiger charge is -2.37. The van der Waals surface area contributed by atoms with E-state index in [4.69, 9.17) is 0 Å². The summed E-state index contributed by atoms with van der Waals surface area (Å²) < 4.78 is 13.0. The maximum Gasteiger partial charge on any atom is 0.251 e. The van der Waals surface area contributed by atoms with Crippen molar-refractivity contribution in [2.24, 2.45) is 0 Å². The van der Waals surface area contributed by atoms with Crippen LogP contribution in [0.4, 0.5) is 4.39 Å². The van der Waals surface area contributed by atoms with Gasteiger partial charge in [0.1, 0.15) is 0 Å². The Bertz CT molecular complexity index is 459. The summed E-state index contributed by atoms with van der Waals surface area (Å²) in [6.07, 6.45) is 5.71. The molecule has 1 atom stereocenters. The number of aromatic nitrogens is 1. The van der Waals surface area contributed by atoms with Gasteiger partial charge in [-0.2, -0.15) is 4.39 Å². The Hall–Kier alpha value is -1.49. The van der Waals surface area contributed by atoms with Crippen molar-refractivity contribution in [3.63, 3.8) is 0 Å². The lowest BCUT2D eigenvalue weighted by molar-refractivity contribution is -0.0235. The predicted molar refractivity (Wildman–Crippen MR) is 69.2 cm³/mol. The first-order chi connectivity index (χ1) is 9.01. The van der Waals surface area contributed by atoms with E-state index in [1.807, 2.05) is 0 Å². The Morgan fingerprint density at radius 1 is 1.47 bits per heavy atom. The zero-order valence-corrected chi connectivity index (χ0v) is 11.0. The van der Waals surface area contributed by atoms with Crippen LogP contribution in [0.5, 0.6) is 0 Å². The Balaban J connectivity index is 2.02. The third-order valence-corrected chi connectivity index (χ3v) is 3.86. The Kier molecular flexibility index (Phi) is 4.14. The van der Waals surface area contributed by atoms with Crippen LogP contribution in [0.25, 0.3) is 0 Å². The molecule has 19 heavy (non-hydrogen) atoms. The Labute approximate surface area is 112 Å². The molecule has 1 aromatic heterocycles. The third kappa shape index (κ3) is 3.29. The van der Waals surface area contributed by atoms with Gasteiger partial charge in [0.05, 0.1) is 11.6 Å². The second-order valence-corrected chi connectivity index (χ2v) is 5.23. The van der Waals surface area contributed by atoms with E-state index in [0.29, 0.717) is 12.8 Å². The molecule has 0 aliphatic heterocycles. The van der Waals surface area contributed by atoms with Crippen molar-refractivity contribution in [2.75, 3.05) is 0 Å². The fraction of sp³-hybridized carbons (Fsp3) is 0.571. The summed E-state index contributed by atoms with van der Waals surface area (Å²) in [5, 5.41) is 13.2. The van der Waals surface area contributed by atoms with Gasteiger partial charge in [0, 0.05) is 17.8 Å². The van der Waals surface area contributed by atoms with Crippen LogP contribution >= 0.6 is 0 Å². The van der Waals surface area contributed by atoms with Crippen molar-refractivity contribution >= 4 is 5.91 Å². The minimum atomic E-state index is -0.848. The fourth-order valence-electron chi connectivity index (χ4n) is 2.56. The summed E-state index contributed by atoms with van der Waals surface area (Å²) in [6.45, 7) is 1.79. The maximum absolute atomic E-state index is 13.0. The average molecular weight is 266 g/mol. The number of aliphatic hydroxyl groups is 1. The number of hydrogen-bond acceptors (Lipinski definition) is 3. The Morgan fingerprint density at radius 3 is 2.79 bits per heavy atom. The minimum absolute atomic E-state index is 0.221. The van der Waals surface area contributed by atoms with Gasteiger partial charge in [-0.15, -0.1) is 0 Å². The molecule has 1 unspecified atom stereocenters. The number of pyridine rings is 1. The van der Waals surface area contributed by atoms with Gasteiger partial charge in [-0.3, -0.25) is 4.79 Å². The van der Waals surface area contributed by atoms with E-state index in [9.17, 15) is 14.3 Å². The highest BCUT2D eigenvalue weighted by Gasteiger charge is 2.35. The largest absolute Gasteiger partial charge is 0.388 e. The van der Waals surface area contributed by atoms with Crippen LogP contribution in [0, 0.1) is 5.95 Å². The number of carbonyl (C=O) groups is 1. The van der Waals surface area contributed by atoms with E-state index >= 15 is 0 Å². The third-order valence-electron chi connectivity index (χ3n) is 3.86. The lowest BCUT2D eigenvalue weighted by Crippen LogP contribution is -2.52. The van der Waals surface area contributed by atoms with E-state index < -0.39 is 11.5 Å². The molecule has 1 aliphatic rings. The summed E-state index contributed by atoms with van der Waals surface area (Å²) in [5.41, 5.74) is -0.627. The molecule has 0 bridgehead atoms. The average Bonchev–Trinajstić information content (AvgIpc) is 2.39. The van der Waals surface area contributed by atoms with Crippen molar-refractivity contribution in [3.05, 3.63) is 29.8 Å². The first-order valence-corrected chi connectivity index (χ1v) is 6.66. The summed E-state index contributed by atoms with van der Waals surface area (Å²) in [4.78, 5) is 15.4. The molecule has 1 aromatic rings. The number of rotatable bonds is 3. The summed E-state index contributed by atoms with van der Waals surface area (Å²) in [6, 6.07) is 2.19. The van der Waals surface area contributed by atoms with Crippen LogP contribution in [-0.4, -0.2) is 27.6 Å². The second kappa shape index (κ2) is 5.65. The van der Waals surface area contributed by atoms with E-state index in [2.05, 4.69) is 10.3 Å². The highest BCUT2D eigenvalue weighted by atomic mass is 19.1. The molecule has 1 amide bonds. The van der Waals surface area contributed by atoms with E-state index in [-0.39, 0.29) is 17.5 Å². The van der Waals surface area contributed by atoms with Crippen LogP contribution in [-0.2, 0) is 0 Å². The van der Waals surface area contributed by atoms with Crippen LogP contribution < -0.4 is 5.32 Å². The SMILES string of the molecule is CC(NC(=O)c1ccnc(F)c1)C1(O)CCCCC1. The predicted octanol–water partition coefficient (Wildman–Crippen LogP) is 2.03. The molecule has 4 nitrogen and oxygen atoms in total. The molecule has 0 radical (unpaired) electrons. The van der Waals surface area contributed by atoms with Crippen molar-refractivity contribution < 1.29 is 14.3 Å². The van der Waals surface area contributed by atoms with Gasteiger partial charge in [0.2, 0.25) is 5.95 Å². The lowest BCUT2D eigenvalue weighted by atomic mass is 9.80. The van der Waals surface area contributed by atoms with Crippen LogP contribution in [0.1, 0.15) is 49.4 Å². The van der Waals surface area contributed by atoms with Crippen LogP contribution in [0.2, 0.25) is 0 Å². The smallest absolute Gasteiger partial charge is 0.251 e. The minimum Gasteiger partial charge on any atom is -0.388 e. The van der Waals surface area contributed by atoms with Gasteiger partial charge in [0.25, 0.3) is 5.91 Å². The zero-order chi connectivity index (χ0) is 13.9. The topological polar surface area (TPSA) is 62.2 Å². The second-order valence-electron chi connectivity index (χ2n) is 5.23. The van der Waals surface area contributed by atoms with E-state index in [1.165, 1.54) is 12.3 Å². The quantitative estimate of drug-likeness (QED) is 0.823. The number of nitrogens with zero attached hydrogens (tertiary/aromatic N) is 1. The van der Waals surface area contributed by atoms with Gasteiger partial charge in [-0.05, 0) is 25.8 Å². The van der Waals surface area contributed by atoms with Gasteiger partial charge < -0.3 is 10.4 Å². The standard InChI is InChI=1S/C14H19FN2O2/c1-10(14(19)6-3-2-4-7-14)17-13(18)11-5-8-16-12(15)9-11/h5,8-10,19H,2-4,6-7H2,1H3,(H,17,18). The molecule has 0 saturated heterocycles. The first kappa shape index (κ1) is 13.9. The van der Waals surface area contributed by atoms with Gasteiger partial charge in [-0.25, -0.2) is 4.98 Å². The summed E-state index contributed by atoms with van der Waals surface area (Å²) in [5.74, 6) is -1.07. The molecule has 1 fully saturated rings. The number of hydrogen-bond donors (Lipinski definition) is 2. The van der Waals surface area contributed by atoms with Gasteiger partial charge in [0.15, 0.2) is 0 Å².